The number of ether oxygens (including phenoxy) is 1. The van der Waals surface area contributed by atoms with Crippen LogP contribution < -0.4 is 38.1 Å². The maximum atomic E-state index is 12.1. The summed E-state index contributed by atoms with van der Waals surface area (Å²) < 4.78 is 6.12. The monoisotopic (exact) mass is 459 g/mol. The first-order valence-corrected chi connectivity index (χ1v) is 12.2. The van der Waals surface area contributed by atoms with E-state index >= 15 is 0 Å². The average Bonchev–Trinajstić information content (AvgIpc) is 2.69. The fourth-order valence-electron chi connectivity index (χ4n) is 3.27. The van der Waals surface area contributed by atoms with Crippen LogP contribution in [0.3, 0.4) is 0 Å². The summed E-state index contributed by atoms with van der Waals surface area (Å²) in [6.07, 6.45) is 1.29. The SMILES string of the molecule is CC(N)CC(C)(C)OCC(C)C(C)(C)NCCC(=O)NCCNCCNCCNCCN. The fourth-order valence-corrected chi connectivity index (χ4v) is 3.27. The van der Waals surface area contributed by atoms with Crippen molar-refractivity contribution in [1.29, 1.82) is 0 Å². The van der Waals surface area contributed by atoms with Crippen molar-refractivity contribution in [3.63, 3.8) is 0 Å². The Bertz CT molecular complexity index is 473. The molecule has 0 bridgehead atoms. The molecule has 9 nitrogen and oxygen atoms in total. The zero-order valence-electron chi connectivity index (χ0n) is 21.6. The van der Waals surface area contributed by atoms with Gasteiger partial charge in [0.15, 0.2) is 0 Å². The minimum Gasteiger partial charge on any atom is -0.375 e. The second kappa shape index (κ2) is 17.6. The van der Waals surface area contributed by atoms with Gasteiger partial charge in [-0.25, -0.2) is 0 Å². The van der Waals surface area contributed by atoms with E-state index in [0.717, 1.165) is 45.7 Å². The van der Waals surface area contributed by atoms with Crippen molar-refractivity contribution in [2.45, 2.75) is 71.6 Å². The molecule has 0 aliphatic heterocycles. The van der Waals surface area contributed by atoms with Crippen molar-refractivity contribution in [3.05, 3.63) is 0 Å². The Balaban J connectivity index is 3.80. The number of hydrogen-bond acceptors (Lipinski definition) is 8. The molecule has 192 valence electrons. The van der Waals surface area contributed by atoms with Gasteiger partial charge in [-0.05, 0) is 47.0 Å². The third-order valence-electron chi connectivity index (χ3n) is 5.60. The molecule has 0 saturated heterocycles. The Morgan fingerprint density at radius 1 is 0.875 bits per heavy atom. The van der Waals surface area contributed by atoms with Gasteiger partial charge in [0.05, 0.1) is 12.2 Å². The van der Waals surface area contributed by atoms with Gasteiger partial charge in [0.25, 0.3) is 0 Å². The van der Waals surface area contributed by atoms with Gasteiger partial charge in [-0.2, -0.15) is 0 Å². The standard InChI is InChI=1S/C23H53N7O2/c1-19(18-32-22(3,4)17-20(2)25)23(5,6)30-9-7-21(31)29-16-15-28-14-13-27-12-11-26-10-8-24/h19-20,26-28,30H,7-18,24-25H2,1-6H3,(H,29,31). The van der Waals surface area contributed by atoms with Crippen LogP contribution in [0.4, 0.5) is 0 Å². The van der Waals surface area contributed by atoms with Crippen LogP contribution in [0.2, 0.25) is 0 Å². The minimum absolute atomic E-state index is 0.0705. The topological polar surface area (TPSA) is 138 Å². The highest BCUT2D eigenvalue weighted by atomic mass is 16.5. The van der Waals surface area contributed by atoms with E-state index in [9.17, 15) is 4.79 Å². The molecule has 0 aromatic carbocycles. The van der Waals surface area contributed by atoms with Crippen molar-refractivity contribution in [3.8, 4) is 0 Å². The molecule has 0 radical (unpaired) electrons. The number of rotatable bonds is 21. The summed E-state index contributed by atoms with van der Waals surface area (Å²) in [5, 5.41) is 16.4. The second-order valence-corrected chi connectivity index (χ2v) is 9.94. The lowest BCUT2D eigenvalue weighted by Gasteiger charge is -2.36. The Hall–Kier alpha value is -0.810. The van der Waals surface area contributed by atoms with Crippen LogP contribution in [0.5, 0.6) is 0 Å². The van der Waals surface area contributed by atoms with Gasteiger partial charge in [-0.3, -0.25) is 4.79 Å². The molecule has 0 heterocycles. The van der Waals surface area contributed by atoms with Crippen LogP contribution in [0.1, 0.15) is 54.4 Å². The van der Waals surface area contributed by atoms with E-state index in [4.69, 9.17) is 16.2 Å². The highest BCUT2D eigenvalue weighted by Crippen LogP contribution is 2.22. The third-order valence-corrected chi connectivity index (χ3v) is 5.60. The molecule has 0 saturated carbocycles. The lowest BCUT2D eigenvalue weighted by atomic mass is 9.89. The number of amides is 1. The zero-order valence-corrected chi connectivity index (χ0v) is 21.6. The molecule has 2 atom stereocenters. The third kappa shape index (κ3) is 17.7. The van der Waals surface area contributed by atoms with Gasteiger partial charge in [-0.1, -0.05) is 6.92 Å². The van der Waals surface area contributed by atoms with Crippen LogP contribution >= 0.6 is 0 Å². The van der Waals surface area contributed by atoms with Gasteiger partial charge in [0.2, 0.25) is 5.91 Å². The Kier molecular flexibility index (Phi) is 17.2. The smallest absolute Gasteiger partial charge is 0.221 e. The summed E-state index contributed by atoms with van der Waals surface area (Å²) in [5.41, 5.74) is 11.0. The van der Waals surface area contributed by atoms with Gasteiger partial charge in [0, 0.05) is 76.9 Å². The average molecular weight is 460 g/mol. The van der Waals surface area contributed by atoms with Crippen molar-refractivity contribution < 1.29 is 9.53 Å². The predicted molar refractivity (Wildman–Crippen MR) is 135 cm³/mol. The molecule has 0 rings (SSSR count). The molecule has 9 N–H and O–H groups in total. The Morgan fingerprint density at radius 3 is 1.94 bits per heavy atom. The summed E-state index contributed by atoms with van der Waals surface area (Å²) >= 11 is 0. The van der Waals surface area contributed by atoms with E-state index in [-0.39, 0.29) is 23.1 Å². The summed E-state index contributed by atoms with van der Waals surface area (Å²) in [7, 11) is 0. The zero-order chi connectivity index (χ0) is 24.5. The summed E-state index contributed by atoms with van der Waals surface area (Å²) in [6.45, 7) is 20.5. The van der Waals surface area contributed by atoms with Crippen molar-refractivity contribution in [1.82, 2.24) is 26.6 Å². The molecule has 0 spiro atoms. The normalized spacial score (nSPS) is 14.4. The van der Waals surface area contributed by atoms with Crippen molar-refractivity contribution in [2.24, 2.45) is 17.4 Å². The van der Waals surface area contributed by atoms with E-state index in [1.54, 1.807) is 0 Å². The number of hydrogen-bond donors (Lipinski definition) is 7. The quantitative estimate of drug-likeness (QED) is 0.117. The lowest BCUT2D eigenvalue weighted by Crippen LogP contribution is -2.49. The largest absolute Gasteiger partial charge is 0.375 e. The Labute approximate surface area is 196 Å². The summed E-state index contributed by atoms with van der Waals surface area (Å²) in [6, 6.07) is 0.117. The number of nitrogens with two attached hydrogens (primary N) is 2. The van der Waals surface area contributed by atoms with Gasteiger partial charge in [0.1, 0.15) is 0 Å². The molecule has 2 unspecified atom stereocenters. The number of carbonyl (C=O) groups excluding carboxylic acids is 1. The van der Waals surface area contributed by atoms with Crippen LogP contribution in [-0.4, -0.2) is 88.6 Å². The van der Waals surface area contributed by atoms with Crippen molar-refractivity contribution >= 4 is 5.91 Å². The van der Waals surface area contributed by atoms with E-state index in [0.29, 0.717) is 38.6 Å². The van der Waals surface area contributed by atoms with Crippen LogP contribution in [0, 0.1) is 5.92 Å². The van der Waals surface area contributed by atoms with E-state index in [1.165, 1.54) is 0 Å². The van der Waals surface area contributed by atoms with Crippen molar-refractivity contribution in [2.75, 3.05) is 65.5 Å². The van der Waals surface area contributed by atoms with Crippen LogP contribution in [-0.2, 0) is 9.53 Å². The molecule has 0 aliphatic carbocycles. The molecular formula is C23H53N7O2. The molecule has 0 fully saturated rings. The molecule has 32 heavy (non-hydrogen) atoms. The van der Waals surface area contributed by atoms with Gasteiger partial charge >= 0.3 is 0 Å². The minimum atomic E-state index is -0.232. The Morgan fingerprint density at radius 2 is 1.41 bits per heavy atom. The molecule has 0 aromatic rings. The van der Waals surface area contributed by atoms with E-state index < -0.39 is 0 Å². The van der Waals surface area contributed by atoms with E-state index in [2.05, 4.69) is 61.2 Å². The molecule has 1 amide bonds. The fraction of sp³-hybridized carbons (Fsp3) is 0.957. The molecule has 9 heteroatoms. The van der Waals surface area contributed by atoms with Crippen LogP contribution in [0.25, 0.3) is 0 Å². The van der Waals surface area contributed by atoms with Gasteiger partial charge in [-0.15, -0.1) is 0 Å². The summed E-state index contributed by atoms with van der Waals surface area (Å²) in [5.74, 6) is 0.369. The summed E-state index contributed by atoms with van der Waals surface area (Å²) in [4.78, 5) is 12.1. The highest BCUT2D eigenvalue weighted by Gasteiger charge is 2.28. The predicted octanol–water partition coefficient (Wildman–Crippen LogP) is -0.243. The molecule has 0 aliphatic rings. The lowest BCUT2D eigenvalue weighted by molar-refractivity contribution is -0.121. The maximum Gasteiger partial charge on any atom is 0.221 e. The first-order valence-electron chi connectivity index (χ1n) is 12.2. The van der Waals surface area contributed by atoms with Crippen LogP contribution in [0.15, 0.2) is 0 Å². The first kappa shape index (κ1) is 31.2. The maximum absolute atomic E-state index is 12.1. The second-order valence-electron chi connectivity index (χ2n) is 9.94. The number of carbonyl (C=O) groups is 1. The number of nitrogens with one attached hydrogen (secondary N) is 5. The van der Waals surface area contributed by atoms with E-state index in [1.807, 2.05) is 6.92 Å². The highest BCUT2D eigenvalue weighted by molar-refractivity contribution is 5.76. The van der Waals surface area contributed by atoms with Gasteiger partial charge < -0.3 is 42.8 Å². The first-order chi connectivity index (χ1) is 15.0. The molecular weight excluding hydrogens is 406 g/mol. The molecule has 0 aromatic heterocycles.